The van der Waals surface area contributed by atoms with E-state index >= 15 is 0 Å². The molecule has 1 saturated heterocycles. The number of carboxylic acid groups (broad SMARTS) is 1. The lowest BCUT2D eigenvalue weighted by Gasteiger charge is -2.22. The summed E-state index contributed by atoms with van der Waals surface area (Å²) in [6.45, 7) is 2.37. The van der Waals surface area contributed by atoms with Gasteiger partial charge in [-0.2, -0.15) is 0 Å². The minimum atomic E-state index is -0.882. The van der Waals surface area contributed by atoms with Crippen molar-refractivity contribution in [3.8, 4) is 0 Å². The minimum absolute atomic E-state index is 0.307. The summed E-state index contributed by atoms with van der Waals surface area (Å²) in [5.74, 6) is -0.882. The number of hydrogen-bond acceptors (Lipinski definition) is 3. The Labute approximate surface area is 107 Å². The molecule has 0 saturated carbocycles. The fourth-order valence-electron chi connectivity index (χ4n) is 2.16. The summed E-state index contributed by atoms with van der Waals surface area (Å²) >= 11 is 0. The summed E-state index contributed by atoms with van der Waals surface area (Å²) in [4.78, 5) is 10.8. The summed E-state index contributed by atoms with van der Waals surface area (Å²) in [7, 11) is 0. The molecule has 1 fully saturated rings. The lowest BCUT2D eigenvalue weighted by Crippen LogP contribution is -2.31. The van der Waals surface area contributed by atoms with E-state index in [0.717, 1.165) is 31.6 Å². The second-order valence-electron chi connectivity index (χ2n) is 4.63. The zero-order chi connectivity index (χ0) is 12.8. The predicted molar refractivity (Wildman–Crippen MR) is 68.7 cm³/mol. The molecule has 1 heterocycles. The van der Waals surface area contributed by atoms with Crippen LogP contribution in [0.25, 0.3) is 0 Å². The minimum Gasteiger partial charge on any atom is -0.478 e. The average Bonchev–Trinajstić information content (AvgIpc) is 2.40. The van der Waals surface area contributed by atoms with Gasteiger partial charge in [0.1, 0.15) is 0 Å². The molecule has 0 aliphatic carbocycles. The summed E-state index contributed by atoms with van der Waals surface area (Å²) in [5.41, 5.74) is 1.33. The fourth-order valence-corrected chi connectivity index (χ4v) is 2.16. The second kappa shape index (κ2) is 6.52. The first-order valence-electron chi connectivity index (χ1n) is 6.40. The Morgan fingerprint density at radius 1 is 1.44 bits per heavy atom. The van der Waals surface area contributed by atoms with Gasteiger partial charge in [0, 0.05) is 19.7 Å². The zero-order valence-electron chi connectivity index (χ0n) is 10.4. The van der Waals surface area contributed by atoms with Gasteiger partial charge in [0.2, 0.25) is 0 Å². The van der Waals surface area contributed by atoms with Crippen LogP contribution >= 0.6 is 0 Å². The van der Waals surface area contributed by atoms with Crippen molar-refractivity contribution in [3.05, 3.63) is 35.4 Å². The van der Waals surface area contributed by atoms with Crippen LogP contribution in [0.3, 0.4) is 0 Å². The maximum absolute atomic E-state index is 10.8. The highest BCUT2D eigenvalue weighted by Crippen LogP contribution is 2.12. The first kappa shape index (κ1) is 13.1. The van der Waals surface area contributed by atoms with Gasteiger partial charge >= 0.3 is 5.97 Å². The first-order chi connectivity index (χ1) is 8.75. The molecule has 1 atom stereocenters. The SMILES string of the molecule is O=C(O)c1cccc(CNCC2CCCCO2)c1. The molecule has 1 aliphatic heterocycles. The van der Waals surface area contributed by atoms with E-state index in [4.69, 9.17) is 9.84 Å². The average molecular weight is 249 g/mol. The topological polar surface area (TPSA) is 58.6 Å². The molecule has 4 heteroatoms. The fraction of sp³-hybridized carbons (Fsp3) is 0.500. The van der Waals surface area contributed by atoms with Gasteiger partial charge in [-0.3, -0.25) is 0 Å². The Balaban J connectivity index is 1.78. The van der Waals surface area contributed by atoms with Gasteiger partial charge in [-0.25, -0.2) is 4.79 Å². The third-order valence-corrected chi connectivity index (χ3v) is 3.15. The molecule has 0 spiro atoms. The van der Waals surface area contributed by atoms with Crippen LogP contribution in [0.1, 0.15) is 35.2 Å². The normalized spacial score (nSPS) is 19.7. The summed E-state index contributed by atoms with van der Waals surface area (Å²) < 4.78 is 5.62. The van der Waals surface area contributed by atoms with E-state index in [2.05, 4.69) is 5.32 Å². The van der Waals surface area contributed by atoms with Crippen LogP contribution in [-0.2, 0) is 11.3 Å². The Bertz CT molecular complexity index is 400. The van der Waals surface area contributed by atoms with Crippen molar-refractivity contribution in [2.75, 3.05) is 13.2 Å². The van der Waals surface area contributed by atoms with Gasteiger partial charge in [-0.15, -0.1) is 0 Å². The van der Waals surface area contributed by atoms with Crippen LogP contribution in [0.5, 0.6) is 0 Å². The van der Waals surface area contributed by atoms with Gasteiger partial charge < -0.3 is 15.2 Å². The highest BCUT2D eigenvalue weighted by molar-refractivity contribution is 5.87. The monoisotopic (exact) mass is 249 g/mol. The van der Waals surface area contributed by atoms with Crippen LogP contribution in [-0.4, -0.2) is 30.3 Å². The highest BCUT2D eigenvalue weighted by Gasteiger charge is 2.12. The van der Waals surface area contributed by atoms with E-state index in [9.17, 15) is 4.79 Å². The molecule has 2 rings (SSSR count). The predicted octanol–water partition coefficient (Wildman–Crippen LogP) is 2.04. The Kier molecular flexibility index (Phi) is 4.73. The molecule has 4 nitrogen and oxygen atoms in total. The summed E-state index contributed by atoms with van der Waals surface area (Å²) in [6.07, 6.45) is 3.82. The van der Waals surface area contributed by atoms with E-state index in [1.54, 1.807) is 18.2 Å². The van der Waals surface area contributed by atoms with Crippen molar-refractivity contribution in [2.24, 2.45) is 0 Å². The van der Waals surface area contributed by atoms with E-state index < -0.39 is 5.97 Å². The first-order valence-corrected chi connectivity index (χ1v) is 6.40. The van der Waals surface area contributed by atoms with Gasteiger partial charge in [-0.1, -0.05) is 12.1 Å². The lowest BCUT2D eigenvalue weighted by molar-refractivity contribution is 0.0168. The number of aromatic carboxylic acids is 1. The van der Waals surface area contributed by atoms with E-state index in [-0.39, 0.29) is 0 Å². The molecule has 0 radical (unpaired) electrons. The molecule has 98 valence electrons. The Morgan fingerprint density at radius 2 is 2.33 bits per heavy atom. The van der Waals surface area contributed by atoms with Crippen molar-refractivity contribution in [2.45, 2.75) is 31.9 Å². The zero-order valence-corrected chi connectivity index (χ0v) is 10.4. The molecule has 1 aliphatic rings. The van der Waals surface area contributed by atoms with Crippen molar-refractivity contribution in [1.82, 2.24) is 5.32 Å². The van der Waals surface area contributed by atoms with Crippen molar-refractivity contribution < 1.29 is 14.6 Å². The summed E-state index contributed by atoms with van der Waals surface area (Å²) in [6, 6.07) is 7.02. The molecule has 1 aromatic carbocycles. The largest absolute Gasteiger partial charge is 0.478 e. The number of ether oxygens (including phenoxy) is 1. The third kappa shape index (κ3) is 3.82. The molecule has 0 amide bonds. The van der Waals surface area contributed by atoms with Gasteiger partial charge in [-0.05, 0) is 37.0 Å². The summed E-state index contributed by atoms with van der Waals surface area (Å²) in [5, 5.41) is 12.2. The van der Waals surface area contributed by atoms with Gasteiger partial charge in [0.05, 0.1) is 11.7 Å². The maximum atomic E-state index is 10.8. The van der Waals surface area contributed by atoms with E-state index in [1.165, 1.54) is 6.42 Å². The van der Waals surface area contributed by atoms with Crippen molar-refractivity contribution in [1.29, 1.82) is 0 Å². The lowest BCUT2D eigenvalue weighted by atomic mass is 10.1. The third-order valence-electron chi connectivity index (χ3n) is 3.15. The number of carbonyl (C=O) groups is 1. The van der Waals surface area contributed by atoms with E-state index in [0.29, 0.717) is 18.2 Å². The molecule has 2 N–H and O–H groups in total. The standard InChI is InChI=1S/C14H19NO3/c16-14(17)12-5-3-4-11(8-12)9-15-10-13-6-1-2-7-18-13/h3-5,8,13,15H,1-2,6-7,9-10H2,(H,16,17). The molecule has 0 aromatic heterocycles. The number of nitrogens with one attached hydrogen (secondary N) is 1. The van der Waals surface area contributed by atoms with Crippen LogP contribution in [0, 0.1) is 0 Å². The van der Waals surface area contributed by atoms with Crippen LogP contribution in [0.4, 0.5) is 0 Å². The highest BCUT2D eigenvalue weighted by atomic mass is 16.5. The molecule has 1 unspecified atom stereocenters. The number of benzene rings is 1. The Morgan fingerprint density at radius 3 is 3.06 bits per heavy atom. The number of rotatable bonds is 5. The molecular formula is C14H19NO3. The molecule has 0 bridgehead atoms. The molecular weight excluding hydrogens is 230 g/mol. The smallest absolute Gasteiger partial charge is 0.335 e. The van der Waals surface area contributed by atoms with Crippen LogP contribution in [0.2, 0.25) is 0 Å². The quantitative estimate of drug-likeness (QED) is 0.838. The van der Waals surface area contributed by atoms with Crippen molar-refractivity contribution >= 4 is 5.97 Å². The molecule has 18 heavy (non-hydrogen) atoms. The Hall–Kier alpha value is -1.39. The maximum Gasteiger partial charge on any atom is 0.335 e. The van der Waals surface area contributed by atoms with Gasteiger partial charge in [0.15, 0.2) is 0 Å². The number of carboxylic acids is 1. The van der Waals surface area contributed by atoms with Crippen molar-refractivity contribution in [3.63, 3.8) is 0 Å². The van der Waals surface area contributed by atoms with Gasteiger partial charge in [0.25, 0.3) is 0 Å². The second-order valence-corrected chi connectivity index (χ2v) is 4.63. The number of hydrogen-bond donors (Lipinski definition) is 2. The van der Waals surface area contributed by atoms with Crippen LogP contribution < -0.4 is 5.32 Å². The van der Waals surface area contributed by atoms with E-state index in [1.807, 2.05) is 6.07 Å². The molecule has 1 aromatic rings. The van der Waals surface area contributed by atoms with Crippen LogP contribution in [0.15, 0.2) is 24.3 Å².